The van der Waals surface area contributed by atoms with Gasteiger partial charge in [-0.15, -0.1) is 0 Å². The second kappa shape index (κ2) is 5.97. The summed E-state index contributed by atoms with van der Waals surface area (Å²) in [6, 6.07) is -0.139. The Balaban J connectivity index is 3.46. The fraction of sp³-hybridized carbons (Fsp3) is 0.875. The van der Waals surface area contributed by atoms with Crippen LogP contribution in [0.5, 0.6) is 0 Å². The van der Waals surface area contributed by atoms with Gasteiger partial charge in [-0.2, -0.15) is 0 Å². The highest BCUT2D eigenvalue weighted by molar-refractivity contribution is 5.76. The summed E-state index contributed by atoms with van der Waals surface area (Å²) in [6.45, 7) is 2.51. The van der Waals surface area contributed by atoms with E-state index in [1.165, 1.54) is 0 Å². The fourth-order valence-electron chi connectivity index (χ4n) is 0.718. The number of hydrogen-bond donors (Lipinski definition) is 2. The van der Waals surface area contributed by atoms with Crippen molar-refractivity contribution in [2.75, 3.05) is 27.2 Å². The van der Waals surface area contributed by atoms with Gasteiger partial charge < -0.3 is 15.3 Å². The summed E-state index contributed by atoms with van der Waals surface area (Å²) in [4.78, 5) is 13.0. The SMILES string of the molecule is CC(CO)NC(=O)CCN(C)C. The highest BCUT2D eigenvalue weighted by Gasteiger charge is 2.05. The van der Waals surface area contributed by atoms with Gasteiger partial charge in [0.25, 0.3) is 0 Å². The third kappa shape index (κ3) is 6.12. The Bertz CT molecular complexity index is 137. The molecule has 0 bridgehead atoms. The summed E-state index contributed by atoms with van der Waals surface area (Å²) in [5.41, 5.74) is 0. The average Bonchev–Trinajstić information content (AvgIpc) is 2.00. The van der Waals surface area contributed by atoms with Crippen LogP contribution >= 0.6 is 0 Å². The Morgan fingerprint density at radius 1 is 1.58 bits per heavy atom. The van der Waals surface area contributed by atoms with Crippen molar-refractivity contribution in [2.45, 2.75) is 19.4 Å². The number of carbonyl (C=O) groups is 1. The molecule has 0 aromatic rings. The van der Waals surface area contributed by atoms with Gasteiger partial charge in [0.05, 0.1) is 6.61 Å². The molecule has 4 heteroatoms. The zero-order chi connectivity index (χ0) is 9.56. The molecule has 0 fully saturated rings. The zero-order valence-electron chi connectivity index (χ0n) is 8.00. The summed E-state index contributed by atoms with van der Waals surface area (Å²) in [7, 11) is 3.84. The largest absolute Gasteiger partial charge is 0.394 e. The molecule has 0 aromatic heterocycles. The van der Waals surface area contributed by atoms with Gasteiger partial charge in [-0.1, -0.05) is 0 Å². The van der Waals surface area contributed by atoms with Crippen LogP contribution in [0, 0.1) is 0 Å². The smallest absolute Gasteiger partial charge is 0.221 e. The van der Waals surface area contributed by atoms with Crippen LogP contribution in [-0.2, 0) is 4.79 Å². The van der Waals surface area contributed by atoms with E-state index < -0.39 is 0 Å². The Morgan fingerprint density at radius 3 is 2.58 bits per heavy atom. The molecular weight excluding hydrogens is 156 g/mol. The van der Waals surface area contributed by atoms with Crippen molar-refractivity contribution in [1.29, 1.82) is 0 Å². The summed E-state index contributed by atoms with van der Waals surface area (Å²) in [6.07, 6.45) is 0.483. The first-order valence-electron chi connectivity index (χ1n) is 4.11. The van der Waals surface area contributed by atoms with Gasteiger partial charge in [0.2, 0.25) is 5.91 Å². The van der Waals surface area contributed by atoms with Crippen molar-refractivity contribution in [3.63, 3.8) is 0 Å². The van der Waals surface area contributed by atoms with Crippen LogP contribution in [0.4, 0.5) is 0 Å². The van der Waals surface area contributed by atoms with Crippen LogP contribution in [0.15, 0.2) is 0 Å². The Hall–Kier alpha value is -0.610. The van der Waals surface area contributed by atoms with Crippen LogP contribution in [0.25, 0.3) is 0 Å². The third-order valence-electron chi connectivity index (χ3n) is 1.47. The maximum Gasteiger partial charge on any atom is 0.221 e. The van der Waals surface area contributed by atoms with Crippen molar-refractivity contribution < 1.29 is 9.90 Å². The average molecular weight is 174 g/mol. The minimum atomic E-state index is -0.139. The summed E-state index contributed by atoms with van der Waals surface area (Å²) in [5, 5.41) is 11.3. The summed E-state index contributed by atoms with van der Waals surface area (Å²) < 4.78 is 0. The fourth-order valence-corrected chi connectivity index (χ4v) is 0.718. The molecule has 72 valence electrons. The normalized spacial score (nSPS) is 13.1. The summed E-state index contributed by atoms with van der Waals surface area (Å²) in [5.74, 6) is -0.00903. The van der Waals surface area contributed by atoms with Crippen molar-refractivity contribution in [2.24, 2.45) is 0 Å². The van der Waals surface area contributed by atoms with E-state index >= 15 is 0 Å². The van der Waals surface area contributed by atoms with Gasteiger partial charge in [-0.05, 0) is 21.0 Å². The van der Waals surface area contributed by atoms with Crippen molar-refractivity contribution in [3.8, 4) is 0 Å². The van der Waals surface area contributed by atoms with Crippen molar-refractivity contribution in [3.05, 3.63) is 0 Å². The lowest BCUT2D eigenvalue weighted by atomic mass is 10.3. The van der Waals surface area contributed by atoms with Gasteiger partial charge in [0.15, 0.2) is 0 Å². The van der Waals surface area contributed by atoms with E-state index in [0.717, 1.165) is 6.54 Å². The van der Waals surface area contributed by atoms with Crippen molar-refractivity contribution in [1.82, 2.24) is 10.2 Å². The second-order valence-corrected chi connectivity index (χ2v) is 3.20. The van der Waals surface area contributed by atoms with Gasteiger partial charge in [0.1, 0.15) is 0 Å². The predicted molar refractivity (Wildman–Crippen MR) is 47.9 cm³/mol. The molecule has 1 unspecified atom stereocenters. The molecule has 0 rings (SSSR count). The highest BCUT2D eigenvalue weighted by atomic mass is 16.3. The molecule has 0 spiro atoms. The van der Waals surface area contributed by atoms with Crippen LogP contribution in [0.2, 0.25) is 0 Å². The number of rotatable bonds is 5. The van der Waals surface area contributed by atoms with Crippen LogP contribution in [0.1, 0.15) is 13.3 Å². The third-order valence-corrected chi connectivity index (χ3v) is 1.47. The van der Waals surface area contributed by atoms with Crippen LogP contribution < -0.4 is 5.32 Å². The molecule has 1 amide bonds. The summed E-state index contributed by atoms with van der Waals surface area (Å²) >= 11 is 0. The van der Waals surface area contributed by atoms with Gasteiger partial charge >= 0.3 is 0 Å². The minimum Gasteiger partial charge on any atom is -0.394 e. The van der Waals surface area contributed by atoms with Gasteiger partial charge in [0, 0.05) is 19.0 Å². The number of aliphatic hydroxyl groups is 1. The molecule has 0 heterocycles. The molecule has 0 aromatic carbocycles. The van der Waals surface area contributed by atoms with Gasteiger partial charge in [-0.3, -0.25) is 4.79 Å². The maximum atomic E-state index is 11.1. The molecule has 0 aliphatic heterocycles. The van der Waals surface area contributed by atoms with E-state index in [0.29, 0.717) is 6.42 Å². The number of amides is 1. The number of nitrogens with zero attached hydrogens (tertiary/aromatic N) is 1. The highest BCUT2D eigenvalue weighted by Crippen LogP contribution is 1.85. The topological polar surface area (TPSA) is 52.6 Å². The van der Waals surface area contributed by atoms with E-state index in [1.807, 2.05) is 19.0 Å². The number of carbonyl (C=O) groups excluding carboxylic acids is 1. The van der Waals surface area contributed by atoms with E-state index in [2.05, 4.69) is 5.32 Å². The number of nitrogens with one attached hydrogen (secondary N) is 1. The maximum absolute atomic E-state index is 11.1. The lowest BCUT2D eigenvalue weighted by Crippen LogP contribution is -2.36. The van der Waals surface area contributed by atoms with Crippen LogP contribution in [0.3, 0.4) is 0 Å². The molecule has 0 saturated carbocycles. The molecule has 0 aliphatic rings. The molecule has 4 nitrogen and oxygen atoms in total. The van der Waals surface area contributed by atoms with E-state index in [4.69, 9.17) is 5.11 Å². The standard InChI is InChI=1S/C8H18N2O2/c1-7(6-11)9-8(12)4-5-10(2)3/h7,11H,4-6H2,1-3H3,(H,9,12). The number of aliphatic hydroxyl groups excluding tert-OH is 1. The zero-order valence-corrected chi connectivity index (χ0v) is 8.00. The molecule has 12 heavy (non-hydrogen) atoms. The first kappa shape index (κ1) is 11.4. The van der Waals surface area contributed by atoms with Crippen LogP contribution in [-0.4, -0.2) is 49.2 Å². The second-order valence-electron chi connectivity index (χ2n) is 3.20. The molecule has 1 atom stereocenters. The Morgan fingerprint density at radius 2 is 2.17 bits per heavy atom. The molecule has 0 saturated heterocycles. The van der Waals surface area contributed by atoms with E-state index in [1.54, 1.807) is 6.92 Å². The minimum absolute atomic E-state index is 0.00625. The molecule has 0 radical (unpaired) electrons. The predicted octanol–water partition coefficient (Wildman–Crippen LogP) is -0.565. The molecule has 2 N–H and O–H groups in total. The molecular formula is C8H18N2O2. The van der Waals surface area contributed by atoms with E-state index in [9.17, 15) is 4.79 Å². The quantitative estimate of drug-likeness (QED) is 0.587. The van der Waals surface area contributed by atoms with Gasteiger partial charge in [-0.25, -0.2) is 0 Å². The lowest BCUT2D eigenvalue weighted by Gasteiger charge is -2.12. The molecule has 0 aliphatic carbocycles. The Kier molecular flexibility index (Phi) is 5.66. The van der Waals surface area contributed by atoms with E-state index in [-0.39, 0.29) is 18.6 Å². The van der Waals surface area contributed by atoms with Crippen molar-refractivity contribution >= 4 is 5.91 Å². The lowest BCUT2D eigenvalue weighted by molar-refractivity contribution is -0.122. The Labute approximate surface area is 73.6 Å². The monoisotopic (exact) mass is 174 g/mol. The first-order valence-corrected chi connectivity index (χ1v) is 4.11. The number of hydrogen-bond acceptors (Lipinski definition) is 3. The first-order chi connectivity index (χ1) is 5.56.